The third kappa shape index (κ3) is 1.41. The van der Waals surface area contributed by atoms with Gasteiger partial charge in [-0.05, 0) is 49.8 Å². The fourth-order valence-electron chi connectivity index (χ4n) is 3.56. The van der Waals surface area contributed by atoms with Gasteiger partial charge in [0.15, 0.2) is 0 Å². The van der Waals surface area contributed by atoms with Crippen molar-refractivity contribution in [2.45, 2.75) is 32.2 Å². The average molecular weight is 201 g/mol. The summed E-state index contributed by atoms with van der Waals surface area (Å²) < 4.78 is 0. The highest BCUT2D eigenvalue weighted by molar-refractivity contribution is 5.35. The first kappa shape index (κ1) is 9.41. The van der Waals surface area contributed by atoms with Crippen LogP contribution in [0.5, 0.6) is 0 Å². The topological polar surface area (TPSA) is 3.24 Å². The van der Waals surface area contributed by atoms with E-state index in [0.717, 1.165) is 6.04 Å². The van der Waals surface area contributed by atoms with Gasteiger partial charge in [-0.15, -0.1) is 0 Å². The van der Waals surface area contributed by atoms with E-state index in [1.54, 1.807) is 11.1 Å². The van der Waals surface area contributed by atoms with Gasteiger partial charge < -0.3 is 4.90 Å². The monoisotopic (exact) mass is 201 g/mol. The lowest BCUT2D eigenvalue weighted by Gasteiger charge is -2.22. The fourth-order valence-corrected chi connectivity index (χ4v) is 3.56. The lowest BCUT2D eigenvalue weighted by molar-refractivity contribution is 0.285. The highest BCUT2D eigenvalue weighted by Crippen LogP contribution is 2.45. The lowest BCUT2D eigenvalue weighted by atomic mass is 9.83. The quantitative estimate of drug-likeness (QED) is 0.623. The molecule has 1 atom stereocenters. The van der Waals surface area contributed by atoms with E-state index >= 15 is 0 Å². The van der Waals surface area contributed by atoms with Crippen LogP contribution < -0.4 is 0 Å². The van der Waals surface area contributed by atoms with Crippen LogP contribution in [0, 0.1) is 5.41 Å². The summed E-state index contributed by atoms with van der Waals surface area (Å²) in [5, 5.41) is 0. The first-order valence-electron chi connectivity index (χ1n) is 5.96. The number of hydrogen-bond donors (Lipinski definition) is 0. The standard InChI is InChI=1S/C14H19N/c1-11-7-14(10-15(11)2)8-12-5-3-4-6-13(12)9-14/h3-6,11H,7-10H2,1-2H3. The molecule has 1 aromatic carbocycles. The van der Waals surface area contributed by atoms with Gasteiger partial charge in [0.25, 0.3) is 0 Å². The van der Waals surface area contributed by atoms with Crippen LogP contribution in [0.3, 0.4) is 0 Å². The van der Waals surface area contributed by atoms with Crippen LogP contribution in [0.25, 0.3) is 0 Å². The van der Waals surface area contributed by atoms with Crippen molar-refractivity contribution in [3.05, 3.63) is 35.4 Å². The van der Waals surface area contributed by atoms with Crippen LogP contribution in [0.1, 0.15) is 24.5 Å². The average Bonchev–Trinajstić information content (AvgIpc) is 2.66. The van der Waals surface area contributed by atoms with E-state index in [4.69, 9.17) is 0 Å². The SMILES string of the molecule is CC1CC2(Cc3ccccc3C2)CN1C. The predicted octanol–water partition coefficient (Wildman–Crippen LogP) is 2.50. The smallest absolute Gasteiger partial charge is 0.00701 e. The van der Waals surface area contributed by atoms with Crippen molar-refractivity contribution >= 4 is 0 Å². The molecule has 2 aliphatic rings. The molecule has 1 fully saturated rings. The zero-order chi connectivity index (χ0) is 10.5. The summed E-state index contributed by atoms with van der Waals surface area (Å²) in [6.07, 6.45) is 3.98. The number of likely N-dealkylation sites (tertiary alicyclic amines) is 1. The van der Waals surface area contributed by atoms with Gasteiger partial charge in [-0.3, -0.25) is 0 Å². The van der Waals surface area contributed by atoms with Crippen molar-refractivity contribution in [3.8, 4) is 0 Å². The molecule has 1 aliphatic carbocycles. The molecule has 1 saturated heterocycles. The zero-order valence-electron chi connectivity index (χ0n) is 9.66. The van der Waals surface area contributed by atoms with E-state index in [9.17, 15) is 0 Å². The molecule has 1 heterocycles. The fraction of sp³-hybridized carbons (Fsp3) is 0.571. The van der Waals surface area contributed by atoms with Crippen molar-refractivity contribution in [2.24, 2.45) is 5.41 Å². The molecule has 0 amide bonds. The summed E-state index contributed by atoms with van der Waals surface area (Å²) in [7, 11) is 2.27. The zero-order valence-corrected chi connectivity index (χ0v) is 9.66. The van der Waals surface area contributed by atoms with E-state index in [1.807, 2.05) is 0 Å². The van der Waals surface area contributed by atoms with Crippen molar-refractivity contribution in [3.63, 3.8) is 0 Å². The summed E-state index contributed by atoms with van der Waals surface area (Å²) in [4.78, 5) is 2.52. The Hall–Kier alpha value is -0.820. The highest BCUT2D eigenvalue weighted by Gasteiger charge is 2.44. The molecular weight excluding hydrogens is 182 g/mol. The Kier molecular flexibility index (Phi) is 1.93. The number of hydrogen-bond acceptors (Lipinski definition) is 1. The second kappa shape index (κ2) is 3.08. The van der Waals surface area contributed by atoms with E-state index in [1.165, 1.54) is 25.8 Å². The number of benzene rings is 1. The summed E-state index contributed by atoms with van der Waals surface area (Å²) >= 11 is 0. The number of nitrogens with zero attached hydrogens (tertiary/aromatic N) is 1. The maximum Gasteiger partial charge on any atom is 0.00701 e. The normalized spacial score (nSPS) is 28.5. The van der Waals surface area contributed by atoms with Crippen molar-refractivity contribution in [1.82, 2.24) is 4.90 Å². The van der Waals surface area contributed by atoms with Gasteiger partial charge >= 0.3 is 0 Å². The number of rotatable bonds is 0. The number of fused-ring (bicyclic) bond motifs is 1. The van der Waals surface area contributed by atoms with Gasteiger partial charge in [-0.1, -0.05) is 24.3 Å². The Morgan fingerprint density at radius 3 is 2.27 bits per heavy atom. The molecule has 3 rings (SSSR count). The van der Waals surface area contributed by atoms with E-state index in [0.29, 0.717) is 5.41 Å². The molecule has 80 valence electrons. The molecule has 1 nitrogen and oxygen atoms in total. The Balaban J connectivity index is 1.90. The van der Waals surface area contributed by atoms with E-state index in [2.05, 4.69) is 43.1 Å². The van der Waals surface area contributed by atoms with Gasteiger partial charge in [-0.2, -0.15) is 0 Å². The summed E-state index contributed by atoms with van der Waals surface area (Å²) in [5.41, 5.74) is 3.76. The summed E-state index contributed by atoms with van der Waals surface area (Å²) in [5.74, 6) is 0. The Morgan fingerprint density at radius 2 is 1.80 bits per heavy atom. The minimum Gasteiger partial charge on any atom is -0.303 e. The first-order valence-corrected chi connectivity index (χ1v) is 5.96. The van der Waals surface area contributed by atoms with Gasteiger partial charge in [-0.25, -0.2) is 0 Å². The predicted molar refractivity (Wildman–Crippen MR) is 63.0 cm³/mol. The van der Waals surface area contributed by atoms with Crippen LogP contribution in [-0.2, 0) is 12.8 Å². The highest BCUT2D eigenvalue weighted by atomic mass is 15.2. The summed E-state index contributed by atoms with van der Waals surface area (Å²) in [6.45, 7) is 3.64. The Labute approximate surface area is 92.1 Å². The van der Waals surface area contributed by atoms with Crippen LogP contribution in [0.2, 0.25) is 0 Å². The molecule has 15 heavy (non-hydrogen) atoms. The molecule has 0 saturated carbocycles. The molecule has 0 radical (unpaired) electrons. The molecule has 0 aromatic heterocycles. The van der Waals surface area contributed by atoms with Gasteiger partial charge in [0, 0.05) is 12.6 Å². The van der Waals surface area contributed by atoms with Crippen LogP contribution in [-0.4, -0.2) is 24.5 Å². The second-order valence-corrected chi connectivity index (χ2v) is 5.59. The van der Waals surface area contributed by atoms with Gasteiger partial charge in [0.05, 0.1) is 0 Å². The second-order valence-electron chi connectivity index (χ2n) is 5.59. The van der Waals surface area contributed by atoms with Gasteiger partial charge in [0.2, 0.25) is 0 Å². The van der Waals surface area contributed by atoms with E-state index in [-0.39, 0.29) is 0 Å². The molecule has 1 aliphatic heterocycles. The minimum absolute atomic E-state index is 0.567. The van der Waals surface area contributed by atoms with Crippen molar-refractivity contribution in [1.29, 1.82) is 0 Å². The van der Waals surface area contributed by atoms with Crippen molar-refractivity contribution < 1.29 is 0 Å². The molecule has 1 spiro atoms. The molecule has 0 bridgehead atoms. The van der Waals surface area contributed by atoms with E-state index < -0.39 is 0 Å². The molecular formula is C14H19N. The third-order valence-corrected chi connectivity index (χ3v) is 4.31. The van der Waals surface area contributed by atoms with Crippen LogP contribution >= 0.6 is 0 Å². The molecule has 1 unspecified atom stereocenters. The molecule has 0 N–H and O–H groups in total. The molecule has 1 heteroatoms. The van der Waals surface area contributed by atoms with Crippen molar-refractivity contribution in [2.75, 3.05) is 13.6 Å². The third-order valence-electron chi connectivity index (χ3n) is 4.31. The van der Waals surface area contributed by atoms with Crippen LogP contribution in [0.15, 0.2) is 24.3 Å². The minimum atomic E-state index is 0.567. The maximum absolute atomic E-state index is 2.52. The molecule has 1 aromatic rings. The van der Waals surface area contributed by atoms with Gasteiger partial charge in [0.1, 0.15) is 0 Å². The van der Waals surface area contributed by atoms with Crippen LogP contribution in [0.4, 0.5) is 0 Å². The summed E-state index contributed by atoms with van der Waals surface area (Å²) in [6, 6.07) is 9.75. The lowest BCUT2D eigenvalue weighted by Crippen LogP contribution is -2.26. The Bertz CT molecular complexity index is 346. The maximum atomic E-state index is 2.52. The largest absolute Gasteiger partial charge is 0.303 e. The first-order chi connectivity index (χ1) is 7.19. The Morgan fingerprint density at radius 1 is 1.20 bits per heavy atom.